The lowest BCUT2D eigenvalue weighted by molar-refractivity contribution is -0.130. The number of aliphatic imine (C=N–C) groups is 1. The van der Waals surface area contributed by atoms with Crippen LogP contribution in [0.4, 0.5) is 31.7 Å². The number of nitrogens with zero attached hydrogens (tertiary/aromatic N) is 7. The average molecular weight is 644 g/mol. The number of amidine groups is 1. The van der Waals surface area contributed by atoms with Gasteiger partial charge < -0.3 is 29.1 Å². The third kappa shape index (κ3) is 5.40. The minimum absolute atomic E-state index is 0.0369. The Balaban J connectivity index is 1.60. The number of likely N-dealkylation sites (N-methyl/N-ethyl adjacent to an activating group) is 1. The van der Waals surface area contributed by atoms with E-state index in [1.165, 1.54) is 18.2 Å². The summed E-state index contributed by atoms with van der Waals surface area (Å²) in [6.45, 7) is 10.5. The summed E-state index contributed by atoms with van der Waals surface area (Å²) in [6, 6.07) is 11.3. The molecule has 12 heteroatoms. The molecule has 0 N–H and O–H groups in total. The van der Waals surface area contributed by atoms with Crippen molar-refractivity contribution in [3.05, 3.63) is 77.9 Å². The third-order valence-electron chi connectivity index (χ3n) is 9.11. The number of aldehydes is 1. The zero-order chi connectivity index (χ0) is 33.7. The number of benzene rings is 2. The van der Waals surface area contributed by atoms with Gasteiger partial charge in [-0.25, -0.2) is 18.8 Å². The monoisotopic (exact) mass is 643 g/mol. The van der Waals surface area contributed by atoms with E-state index < -0.39 is 18.0 Å². The van der Waals surface area contributed by atoms with E-state index in [0.29, 0.717) is 36.0 Å². The van der Waals surface area contributed by atoms with Crippen LogP contribution in [0.25, 0.3) is 11.3 Å². The van der Waals surface area contributed by atoms with Crippen molar-refractivity contribution in [2.75, 3.05) is 55.5 Å². The highest BCUT2D eigenvalue weighted by molar-refractivity contribution is 6.07. The van der Waals surface area contributed by atoms with E-state index in [9.17, 15) is 9.59 Å². The number of ether oxygens (including phenoxy) is 1. The number of piperazine rings is 1. The van der Waals surface area contributed by atoms with Crippen molar-refractivity contribution in [2.45, 2.75) is 45.3 Å². The molecule has 47 heavy (non-hydrogen) atoms. The Morgan fingerprint density at radius 1 is 1.04 bits per heavy atom. The molecule has 1 amide bonds. The van der Waals surface area contributed by atoms with Crippen molar-refractivity contribution in [1.82, 2.24) is 14.8 Å². The second kappa shape index (κ2) is 12.4. The number of rotatable bonds is 6. The molecule has 3 aliphatic heterocycles. The van der Waals surface area contributed by atoms with Crippen LogP contribution in [0.5, 0.6) is 0 Å². The maximum Gasteiger partial charge on any atom is 0.246 e. The molecule has 3 aliphatic rings. The minimum Gasteiger partial charge on any atom is -0.377 e. The number of pyridine rings is 1. The van der Waals surface area contributed by atoms with Gasteiger partial charge in [-0.2, -0.15) is 0 Å². The van der Waals surface area contributed by atoms with Gasteiger partial charge in [0.05, 0.1) is 35.2 Å². The van der Waals surface area contributed by atoms with E-state index in [1.54, 1.807) is 36.0 Å². The molecule has 0 radical (unpaired) electrons. The van der Waals surface area contributed by atoms with Gasteiger partial charge in [-0.15, -0.1) is 0 Å². The molecule has 4 heterocycles. The Morgan fingerprint density at radius 3 is 2.47 bits per heavy atom. The lowest BCUT2D eigenvalue weighted by Gasteiger charge is -2.48. The molecule has 6 rings (SSSR count). The molecule has 2 aromatic carbocycles. The second-order valence-corrected chi connectivity index (χ2v) is 12.5. The zero-order valence-corrected chi connectivity index (χ0v) is 27.4. The number of amides is 1. The van der Waals surface area contributed by atoms with Gasteiger partial charge in [0.15, 0.2) is 5.82 Å². The Labute approximate surface area is 273 Å². The van der Waals surface area contributed by atoms with Gasteiger partial charge in [0.1, 0.15) is 29.5 Å². The van der Waals surface area contributed by atoms with E-state index in [0.717, 1.165) is 23.2 Å². The number of hydrogen-bond acceptors (Lipinski definition) is 9. The number of fused-ring (bicyclic) bond motifs is 5. The van der Waals surface area contributed by atoms with Gasteiger partial charge in [0, 0.05) is 57.6 Å². The van der Waals surface area contributed by atoms with Crippen LogP contribution in [0.3, 0.4) is 0 Å². The third-order valence-corrected chi connectivity index (χ3v) is 9.11. The van der Waals surface area contributed by atoms with E-state index in [1.807, 2.05) is 55.8 Å². The van der Waals surface area contributed by atoms with Crippen LogP contribution in [-0.2, 0) is 14.3 Å². The predicted octanol–water partition coefficient (Wildman–Crippen LogP) is 5.11. The molecule has 3 aromatic rings. The first-order valence-electron chi connectivity index (χ1n) is 15.6. The first kappa shape index (κ1) is 32.1. The Hall–Kier alpha value is -4.84. The van der Waals surface area contributed by atoms with Crippen molar-refractivity contribution in [3.63, 3.8) is 0 Å². The summed E-state index contributed by atoms with van der Waals surface area (Å²) in [5.41, 5.74) is 3.07. The van der Waals surface area contributed by atoms with Crippen molar-refractivity contribution >= 4 is 40.9 Å². The fraction of sp³-hybridized carbons (Fsp3) is 0.371. The number of carbonyl (C=O) groups excluding carboxylic acids is 2. The second-order valence-electron chi connectivity index (χ2n) is 12.5. The zero-order valence-electron chi connectivity index (χ0n) is 27.4. The lowest BCUT2D eigenvalue weighted by Crippen LogP contribution is -2.60. The molecule has 1 aromatic heterocycles. The van der Waals surface area contributed by atoms with Crippen molar-refractivity contribution in [1.29, 1.82) is 0 Å². The molecule has 0 saturated carbocycles. The van der Waals surface area contributed by atoms with Crippen molar-refractivity contribution < 1.29 is 23.1 Å². The van der Waals surface area contributed by atoms with E-state index in [4.69, 9.17) is 14.7 Å². The quantitative estimate of drug-likeness (QED) is 0.271. The van der Waals surface area contributed by atoms with Gasteiger partial charge >= 0.3 is 0 Å². The molecular formula is C35H39F2N7O3. The summed E-state index contributed by atoms with van der Waals surface area (Å²) in [7, 11) is 5.35. The molecule has 2 unspecified atom stereocenters. The van der Waals surface area contributed by atoms with Crippen LogP contribution < -0.4 is 14.7 Å². The largest absolute Gasteiger partial charge is 0.377 e. The summed E-state index contributed by atoms with van der Waals surface area (Å²) >= 11 is 0. The van der Waals surface area contributed by atoms with Crippen LogP contribution in [0, 0.1) is 11.6 Å². The van der Waals surface area contributed by atoms with Crippen LogP contribution in [0.1, 0.15) is 38.0 Å². The smallest absolute Gasteiger partial charge is 0.246 e. The summed E-state index contributed by atoms with van der Waals surface area (Å²) in [5, 5.41) is 0. The fourth-order valence-electron chi connectivity index (χ4n) is 6.75. The summed E-state index contributed by atoms with van der Waals surface area (Å²) in [4.78, 5) is 43.4. The highest BCUT2D eigenvalue weighted by Gasteiger charge is 2.44. The number of aromatic nitrogens is 1. The number of halogens is 2. The Bertz CT molecular complexity index is 1780. The van der Waals surface area contributed by atoms with Crippen molar-refractivity contribution in [3.8, 4) is 11.3 Å². The van der Waals surface area contributed by atoms with Crippen LogP contribution in [-0.4, -0.2) is 92.0 Å². The highest BCUT2D eigenvalue weighted by Crippen LogP contribution is 2.49. The van der Waals surface area contributed by atoms with Crippen molar-refractivity contribution in [2.24, 2.45) is 4.99 Å². The molecular weight excluding hydrogens is 604 g/mol. The molecule has 10 nitrogen and oxygen atoms in total. The molecule has 4 atom stereocenters. The first-order chi connectivity index (χ1) is 22.5. The predicted molar refractivity (Wildman–Crippen MR) is 179 cm³/mol. The number of para-hydroxylation sites is 1. The van der Waals surface area contributed by atoms with Gasteiger partial charge in [-0.1, -0.05) is 24.8 Å². The number of anilines is 4. The summed E-state index contributed by atoms with van der Waals surface area (Å²) in [6.07, 6.45) is 0.851. The Morgan fingerprint density at radius 2 is 1.77 bits per heavy atom. The standard InChI is InChI=1S/C35H39F2N7O3/c1-8-29(46)42-18-21(3)43(19-20(42)2)33-24-17-26(37)31(30-25(36)12-10-13-27(30)40(5)6)38-34(24)44-32-23(22(4)47-35(44)39-33)11-9-14-28(32)41(7)15-16-45/h8-14,16-17,20-22,35H,1,15,18-19H2,2-7H3/t20-,21+,22?,35?/m1/s1. The van der Waals surface area contributed by atoms with E-state index >= 15 is 8.78 Å². The maximum atomic E-state index is 16.4. The molecule has 0 spiro atoms. The van der Waals surface area contributed by atoms with E-state index in [-0.39, 0.29) is 41.9 Å². The van der Waals surface area contributed by atoms with Gasteiger partial charge in [-0.05, 0) is 51.1 Å². The Kier molecular flexibility index (Phi) is 8.47. The van der Waals surface area contributed by atoms with Crippen LogP contribution in [0.15, 0.2) is 60.1 Å². The summed E-state index contributed by atoms with van der Waals surface area (Å²) < 4.78 is 38.5. The molecule has 1 saturated heterocycles. The fourth-order valence-corrected chi connectivity index (χ4v) is 6.75. The van der Waals surface area contributed by atoms with Crippen LogP contribution >= 0.6 is 0 Å². The van der Waals surface area contributed by atoms with Crippen LogP contribution in [0.2, 0.25) is 0 Å². The normalized spacial score (nSPS) is 21.7. The molecule has 0 aliphatic carbocycles. The topological polar surface area (TPSA) is 84.8 Å². The molecule has 246 valence electrons. The number of hydrogen-bond donors (Lipinski definition) is 0. The van der Waals surface area contributed by atoms with Gasteiger partial charge in [0.25, 0.3) is 0 Å². The van der Waals surface area contributed by atoms with E-state index in [2.05, 4.69) is 11.5 Å². The van der Waals surface area contributed by atoms with Gasteiger partial charge in [-0.3, -0.25) is 9.69 Å². The summed E-state index contributed by atoms with van der Waals surface area (Å²) in [5.74, 6) is -0.659. The number of carbonyl (C=O) groups is 2. The highest BCUT2D eigenvalue weighted by atomic mass is 19.1. The SMILES string of the molecule is C=CC(=O)N1C[C@H](C)N(C2=NC3OC(C)c4cccc(N(C)CC=O)c4N3c3nc(-c4c(F)cccc4N(C)C)c(F)cc32)C[C@H]1C. The van der Waals surface area contributed by atoms with Gasteiger partial charge in [0.2, 0.25) is 12.3 Å². The minimum atomic E-state index is -0.902. The lowest BCUT2D eigenvalue weighted by atomic mass is 9.99. The average Bonchev–Trinajstić information content (AvgIpc) is 3.04. The first-order valence-corrected chi connectivity index (χ1v) is 15.6. The molecule has 1 fully saturated rings. The molecule has 0 bridgehead atoms. The maximum absolute atomic E-state index is 16.4.